The minimum absolute atomic E-state index is 0.0252. The van der Waals surface area contributed by atoms with Gasteiger partial charge < -0.3 is 15.0 Å². The Hall–Kier alpha value is -2.60. The predicted octanol–water partition coefficient (Wildman–Crippen LogP) is 2.32. The van der Waals surface area contributed by atoms with E-state index < -0.39 is 0 Å². The topological polar surface area (TPSA) is 44.8 Å². The molecular weight excluding hydrogens is 345 g/mol. The molecule has 5 nitrogen and oxygen atoms in total. The van der Waals surface area contributed by atoms with Gasteiger partial charge in [-0.3, -0.25) is 9.69 Å². The van der Waals surface area contributed by atoms with E-state index in [9.17, 15) is 9.18 Å². The van der Waals surface area contributed by atoms with E-state index in [1.165, 1.54) is 6.07 Å². The molecule has 1 aliphatic heterocycles. The number of benzene rings is 2. The van der Waals surface area contributed by atoms with Gasteiger partial charge in [0.2, 0.25) is 5.91 Å². The van der Waals surface area contributed by atoms with Gasteiger partial charge in [0.1, 0.15) is 11.6 Å². The van der Waals surface area contributed by atoms with E-state index >= 15 is 0 Å². The van der Waals surface area contributed by atoms with E-state index in [2.05, 4.69) is 10.2 Å². The van der Waals surface area contributed by atoms with E-state index in [0.717, 1.165) is 43.9 Å². The minimum Gasteiger partial charge on any atom is -0.497 e. The SMILES string of the molecule is COc1cccc(CCNC(=O)CN2CCN(c3ccccc3F)CC2)c1. The highest BCUT2D eigenvalue weighted by molar-refractivity contribution is 5.78. The first-order chi connectivity index (χ1) is 13.2. The first kappa shape index (κ1) is 19.2. The second-order valence-electron chi connectivity index (χ2n) is 6.67. The molecule has 1 fully saturated rings. The van der Waals surface area contributed by atoms with Gasteiger partial charge in [-0.2, -0.15) is 0 Å². The Morgan fingerprint density at radius 1 is 1.11 bits per heavy atom. The van der Waals surface area contributed by atoms with Crippen molar-refractivity contribution in [2.45, 2.75) is 6.42 Å². The first-order valence-corrected chi connectivity index (χ1v) is 9.27. The maximum Gasteiger partial charge on any atom is 0.234 e. The molecule has 27 heavy (non-hydrogen) atoms. The number of ether oxygens (including phenoxy) is 1. The van der Waals surface area contributed by atoms with Gasteiger partial charge in [0.05, 0.1) is 19.3 Å². The normalized spacial score (nSPS) is 14.8. The minimum atomic E-state index is -0.193. The Morgan fingerprint density at radius 3 is 2.63 bits per heavy atom. The molecular formula is C21H26FN3O2. The molecule has 0 atom stereocenters. The zero-order chi connectivity index (χ0) is 19.1. The number of piperazine rings is 1. The maximum absolute atomic E-state index is 13.9. The molecule has 1 amide bonds. The van der Waals surface area contributed by atoms with Crippen LogP contribution in [0.4, 0.5) is 10.1 Å². The molecule has 1 saturated heterocycles. The lowest BCUT2D eigenvalue weighted by Gasteiger charge is -2.35. The van der Waals surface area contributed by atoms with Crippen LogP contribution >= 0.6 is 0 Å². The summed E-state index contributed by atoms with van der Waals surface area (Å²) in [6.45, 7) is 3.91. The second-order valence-corrected chi connectivity index (χ2v) is 6.67. The molecule has 6 heteroatoms. The smallest absolute Gasteiger partial charge is 0.234 e. The molecule has 1 heterocycles. The molecule has 0 bridgehead atoms. The number of methoxy groups -OCH3 is 1. The summed E-state index contributed by atoms with van der Waals surface area (Å²) < 4.78 is 19.1. The number of carbonyl (C=O) groups excluding carboxylic acids is 1. The van der Waals surface area contributed by atoms with Crippen LogP contribution in [0.5, 0.6) is 5.75 Å². The standard InChI is InChI=1S/C21H26FN3O2/c1-27-18-6-4-5-17(15-18)9-10-23-21(26)16-24-11-13-25(14-12-24)20-8-3-2-7-19(20)22/h2-8,15H,9-14,16H2,1H3,(H,23,26). The number of para-hydroxylation sites is 1. The predicted molar refractivity (Wildman–Crippen MR) is 105 cm³/mol. The number of carbonyl (C=O) groups is 1. The molecule has 0 aromatic heterocycles. The van der Waals surface area contributed by atoms with E-state index in [0.29, 0.717) is 18.8 Å². The monoisotopic (exact) mass is 371 g/mol. The average molecular weight is 371 g/mol. The molecule has 144 valence electrons. The van der Waals surface area contributed by atoms with Crippen LogP contribution in [-0.2, 0) is 11.2 Å². The summed E-state index contributed by atoms with van der Waals surface area (Å²) in [6, 6.07) is 14.7. The van der Waals surface area contributed by atoms with Crippen molar-refractivity contribution in [1.82, 2.24) is 10.2 Å². The van der Waals surface area contributed by atoms with Crippen LogP contribution in [0.15, 0.2) is 48.5 Å². The zero-order valence-electron chi connectivity index (χ0n) is 15.7. The van der Waals surface area contributed by atoms with Gasteiger partial charge in [-0.1, -0.05) is 24.3 Å². The number of nitrogens with one attached hydrogen (secondary N) is 1. The fraction of sp³-hybridized carbons (Fsp3) is 0.381. The van der Waals surface area contributed by atoms with Crippen LogP contribution in [-0.4, -0.2) is 57.2 Å². The highest BCUT2D eigenvalue weighted by Gasteiger charge is 2.20. The molecule has 1 aliphatic rings. The van der Waals surface area contributed by atoms with Crippen LogP contribution in [0.1, 0.15) is 5.56 Å². The van der Waals surface area contributed by atoms with Crippen LogP contribution in [0, 0.1) is 5.82 Å². The van der Waals surface area contributed by atoms with E-state index in [4.69, 9.17) is 4.74 Å². The number of anilines is 1. The van der Waals surface area contributed by atoms with Crippen molar-refractivity contribution in [3.05, 3.63) is 59.9 Å². The summed E-state index contributed by atoms with van der Waals surface area (Å²) in [4.78, 5) is 16.3. The number of amides is 1. The third-order valence-electron chi connectivity index (χ3n) is 4.80. The van der Waals surface area contributed by atoms with Gasteiger partial charge in [-0.15, -0.1) is 0 Å². The lowest BCUT2D eigenvalue weighted by molar-refractivity contribution is -0.122. The number of nitrogens with zero attached hydrogens (tertiary/aromatic N) is 2. The summed E-state index contributed by atoms with van der Waals surface area (Å²) in [5, 5.41) is 2.97. The van der Waals surface area contributed by atoms with Gasteiger partial charge >= 0.3 is 0 Å². The van der Waals surface area contributed by atoms with Crippen molar-refractivity contribution in [3.8, 4) is 5.75 Å². The molecule has 1 N–H and O–H groups in total. The van der Waals surface area contributed by atoms with Crippen LogP contribution in [0.25, 0.3) is 0 Å². The Labute approximate surface area is 159 Å². The summed E-state index contributed by atoms with van der Waals surface area (Å²) >= 11 is 0. The van der Waals surface area contributed by atoms with Crippen LogP contribution < -0.4 is 15.0 Å². The summed E-state index contributed by atoms with van der Waals surface area (Å²) in [6.07, 6.45) is 0.768. The highest BCUT2D eigenvalue weighted by Crippen LogP contribution is 2.20. The maximum atomic E-state index is 13.9. The van der Waals surface area contributed by atoms with Crippen molar-refractivity contribution in [2.75, 3.05) is 51.3 Å². The van der Waals surface area contributed by atoms with E-state index in [1.54, 1.807) is 19.2 Å². The molecule has 2 aromatic rings. The Kier molecular flexibility index (Phi) is 6.65. The Morgan fingerprint density at radius 2 is 1.89 bits per heavy atom. The van der Waals surface area contributed by atoms with Gasteiger partial charge in [0.25, 0.3) is 0 Å². The summed E-state index contributed by atoms with van der Waals surface area (Å²) in [7, 11) is 1.65. The molecule has 0 radical (unpaired) electrons. The summed E-state index contributed by atoms with van der Waals surface area (Å²) in [5.41, 5.74) is 1.77. The largest absolute Gasteiger partial charge is 0.497 e. The van der Waals surface area contributed by atoms with Crippen molar-refractivity contribution >= 4 is 11.6 Å². The van der Waals surface area contributed by atoms with Crippen molar-refractivity contribution < 1.29 is 13.9 Å². The van der Waals surface area contributed by atoms with Gasteiger partial charge in [0, 0.05) is 32.7 Å². The van der Waals surface area contributed by atoms with Gasteiger partial charge in [0.15, 0.2) is 0 Å². The van der Waals surface area contributed by atoms with Gasteiger partial charge in [-0.05, 0) is 36.2 Å². The third kappa shape index (κ3) is 5.44. The fourth-order valence-electron chi connectivity index (χ4n) is 3.29. The number of hydrogen-bond donors (Lipinski definition) is 1. The first-order valence-electron chi connectivity index (χ1n) is 9.27. The second kappa shape index (κ2) is 9.37. The molecule has 2 aromatic carbocycles. The fourth-order valence-corrected chi connectivity index (χ4v) is 3.29. The lowest BCUT2D eigenvalue weighted by Crippen LogP contribution is -2.49. The highest BCUT2D eigenvalue weighted by atomic mass is 19.1. The zero-order valence-corrected chi connectivity index (χ0v) is 15.7. The van der Waals surface area contributed by atoms with Gasteiger partial charge in [-0.25, -0.2) is 4.39 Å². The average Bonchev–Trinajstić information content (AvgIpc) is 2.69. The molecule has 0 unspecified atom stereocenters. The third-order valence-corrected chi connectivity index (χ3v) is 4.80. The molecule has 0 spiro atoms. The Balaban J connectivity index is 1.38. The lowest BCUT2D eigenvalue weighted by atomic mass is 10.1. The van der Waals surface area contributed by atoms with E-state index in [1.807, 2.05) is 35.2 Å². The summed E-state index contributed by atoms with van der Waals surface area (Å²) in [5.74, 6) is 0.657. The van der Waals surface area contributed by atoms with Crippen molar-refractivity contribution in [3.63, 3.8) is 0 Å². The van der Waals surface area contributed by atoms with Crippen LogP contribution in [0.3, 0.4) is 0 Å². The number of hydrogen-bond acceptors (Lipinski definition) is 4. The van der Waals surface area contributed by atoms with Crippen LogP contribution in [0.2, 0.25) is 0 Å². The number of rotatable bonds is 7. The van der Waals surface area contributed by atoms with Crippen molar-refractivity contribution in [2.24, 2.45) is 0 Å². The molecule has 0 aliphatic carbocycles. The quantitative estimate of drug-likeness (QED) is 0.811. The van der Waals surface area contributed by atoms with Crippen molar-refractivity contribution in [1.29, 1.82) is 0 Å². The number of halogens is 1. The van der Waals surface area contributed by atoms with E-state index in [-0.39, 0.29) is 11.7 Å². The Bertz CT molecular complexity index is 761. The molecule has 0 saturated carbocycles. The molecule has 3 rings (SSSR count).